The molecule has 1 atom stereocenters. The van der Waals surface area contributed by atoms with E-state index in [4.69, 9.17) is 21.1 Å². The topological polar surface area (TPSA) is 63.6 Å². The second-order valence-electron chi connectivity index (χ2n) is 5.52. The molecule has 3 aromatic rings. The van der Waals surface area contributed by atoms with E-state index >= 15 is 0 Å². The number of anilines is 1. The van der Waals surface area contributed by atoms with Gasteiger partial charge in [0.25, 0.3) is 0 Å². The Morgan fingerprint density at radius 2 is 1.96 bits per heavy atom. The van der Waals surface area contributed by atoms with Gasteiger partial charge in [0.2, 0.25) is 0 Å². The number of nitrogens with zero attached hydrogens (tertiary/aromatic N) is 1. The number of ether oxygens (including phenoxy) is 2. The third-order valence-electron chi connectivity index (χ3n) is 3.79. The molecular formula is C18H19ClN2O3S. The van der Waals surface area contributed by atoms with Crippen molar-refractivity contribution in [3.05, 3.63) is 47.0 Å². The highest BCUT2D eigenvalue weighted by Gasteiger charge is 2.10. The molecule has 25 heavy (non-hydrogen) atoms. The van der Waals surface area contributed by atoms with Gasteiger partial charge in [-0.3, -0.25) is 0 Å². The summed E-state index contributed by atoms with van der Waals surface area (Å²) in [6.45, 7) is 0. The maximum Gasteiger partial charge on any atom is 0.185 e. The van der Waals surface area contributed by atoms with Crippen LogP contribution in [0.25, 0.3) is 10.2 Å². The van der Waals surface area contributed by atoms with Gasteiger partial charge in [-0.1, -0.05) is 29.0 Å². The van der Waals surface area contributed by atoms with Crippen molar-refractivity contribution in [3.63, 3.8) is 0 Å². The Bertz CT molecular complexity index is 869. The van der Waals surface area contributed by atoms with Crippen LogP contribution in [0.4, 0.5) is 5.13 Å². The fourth-order valence-corrected chi connectivity index (χ4v) is 3.70. The lowest BCUT2D eigenvalue weighted by Crippen LogP contribution is -2.19. The third-order valence-corrected chi connectivity index (χ3v) is 4.98. The van der Waals surface area contributed by atoms with Crippen molar-refractivity contribution < 1.29 is 14.6 Å². The van der Waals surface area contributed by atoms with Gasteiger partial charge in [0.1, 0.15) is 6.23 Å². The molecular weight excluding hydrogens is 360 g/mol. The van der Waals surface area contributed by atoms with Crippen LogP contribution in [0.5, 0.6) is 11.5 Å². The van der Waals surface area contributed by atoms with E-state index in [1.807, 2.05) is 30.3 Å². The second-order valence-corrected chi connectivity index (χ2v) is 6.99. The van der Waals surface area contributed by atoms with Crippen LogP contribution in [0, 0.1) is 0 Å². The molecule has 0 aliphatic carbocycles. The normalized spacial score (nSPS) is 12.2. The maximum absolute atomic E-state index is 10.2. The molecule has 1 heterocycles. The van der Waals surface area contributed by atoms with Gasteiger partial charge in [-0.25, -0.2) is 4.98 Å². The summed E-state index contributed by atoms with van der Waals surface area (Å²) in [7, 11) is 3.22. The lowest BCUT2D eigenvalue weighted by molar-refractivity contribution is 0.193. The number of thiazole rings is 1. The SMILES string of the molecule is COc1ccc(CCC(O)Nc2nc3ccc(Cl)cc3s2)cc1OC. The molecule has 132 valence electrons. The summed E-state index contributed by atoms with van der Waals surface area (Å²) in [5.74, 6) is 1.38. The van der Waals surface area contributed by atoms with Gasteiger partial charge in [0.15, 0.2) is 16.6 Å². The number of fused-ring (bicyclic) bond motifs is 1. The Morgan fingerprint density at radius 3 is 2.72 bits per heavy atom. The summed E-state index contributed by atoms with van der Waals surface area (Å²) in [5.41, 5.74) is 1.93. The van der Waals surface area contributed by atoms with Gasteiger partial charge in [-0.05, 0) is 48.7 Å². The van der Waals surface area contributed by atoms with Crippen LogP contribution in [0.15, 0.2) is 36.4 Å². The van der Waals surface area contributed by atoms with Crippen molar-refractivity contribution in [2.45, 2.75) is 19.1 Å². The smallest absolute Gasteiger partial charge is 0.185 e. The summed E-state index contributed by atoms with van der Waals surface area (Å²) < 4.78 is 11.5. The molecule has 0 radical (unpaired) electrons. The highest BCUT2D eigenvalue weighted by molar-refractivity contribution is 7.22. The minimum atomic E-state index is -0.691. The Balaban J connectivity index is 1.61. The first-order valence-corrected chi connectivity index (χ1v) is 9.00. The van der Waals surface area contributed by atoms with Crippen LogP contribution in [0.3, 0.4) is 0 Å². The third kappa shape index (κ3) is 4.34. The van der Waals surface area contributed by atoms with Gasteiger partial charge in [0, 0.05) is 5.02 Å². The molecule has 0 bridgehead atoms. The molecule has 7 heteroatoms. The van der Waals surface area contributed by atoms with Gasteiger partial charge < -0.3 is 19.9 Å². The van der Waals surface area contributed by atoms with Crippen LogP contribution in [-0.2, 0) is 6.42 Å². The molecule has 3 rings (SSSR count). The largest absolute Gasteiger partial charge is 0.493 e. The number of hydrogen-bond donors (Lipinski definition) is 2. The Kier molecular flexibility index (Phi) is 5.63. The zero-order valence-electron chi connectivity index (χ0n) is 14.0. The molecule has 0 aliphatic rings. The average molecular weight is 379 g/mol. The fraction of sp³-hybridized carbons (Fsp3) is 0.278. The van der Waals surface area contributed by atoms with Crippen molar-refractivity contribution in [3.8, 4) is 11.5 Å². The van der Waals surface area contributed by atoms with Crippen LogP contribution in [0.1, 0.15) is 12.0 Å². The number of hydrogen-bond acceptors (Lipinski definition) is 6. The lowest BCUT2D eigenvalue weighted by Gasteiger charge is -2.13. The van der Waals surface area contributed by atoms with E-state index in [2.05, 4.69) is 10.3 Å². The number of aliphatic hydroxyl groups is 1. The van der Waals surface area contributed by atoms with Crippen molar-refractivity contribution in [1.29, 1.82) is 0 Å². The summed E-state index contributed by atoms with van der Waals surface area (Å²) in [6.07, 6.45) is 0.557. The number of benzene rings is 2. The van der Waals surface area contributed by atoms with E-state index in [1.54, 1.807) is 20.3 Å². The molecule has 2 aromatic carbocycles. The van der Waals surface area contributed by atoms with E-state index < -0.39 is 6.23 Å². The van der Waals surface area contributed by atoms with E-state index in [0.717, 1.165) is 15.8 Å². The van der Waals surface area contributed by atoms with Crippen molar-refractivity contribution in [2.75, 3.05) is 19.5 Å². The number of aliphatic hydroxyl groups excluding tert-OH is 1. The highest BCUT2D eigenvalue weighted by Crippen LogP contribution is 2.30. The number of methoxy groups -OCH3 is 2. The van der Waals surface area contributed by atoms with Crippen molar-refractivity contribution in [2.24, 2.45) is 0 Å². The molecule has 1 unspecified atom stereocenters. The Morgan fingerprint density at radius 1 is 1.16 bits per heavy atom. The highest BCUT2D eigenvalue weighted by atomic mass is 35.5. The van der Waals surface area contributed by atoms with Crippen LogP contribution < -0.4 is 14.8 Å². The molecule has 0 aliphatic heterocycles. The zero-order chi connectivity index (χ0) is 17.8. The minimum Gasteiger partial charge on any atom is -0.493 e. The van der Waals surface area contributed by atoms with Crippen LogP contribution in [0.2, 0.25) is 5.02 Å². The number of nitrogens with one attached hydrogen (secondary N) is 1. The number of aromatic nitrogens is 1. The summed E-state index contributed by atoms with van der Waals surface area (Å²) in [6, 6.07) is 11.3. The van der Waals surface area contributed by atoms with E-state index in [-0.39, 0.29) is 0 Å². The number of rotatable bonds is 7. The van der Waals surface area contributed by atoms with E-state index in [1.165, 1.54) is 11.3 Å². The quantitative estimate of drug-likeness (QED) is 0.599. The molecule has 5 nitrogen and oxygen atoms in total. The molecule has 0 spiro atoms. The first-order valence-electron chi connectivity index (χ1n) is 7.80. The fourth-order valence-electron chi connectivity index (χ4n) is 2.51. The monoisotopic (exact) mass is 378 g/mol. The standard InChI is InChI=1S/C18H19ClN2O3S/c1-23-14-7-3-11(9-15(14)24-2)4-8-17(22)21-18-20-13-6-5-12(19)10-16(13)25-18/h3,5-7,9-10,17,22H,4,8H2,1-2H3,(H,20,21). The molecule has 0 fully saturated rings. The van der Waals surface area contributed by atoms with E-state index in [0.29, 0.717) is 34.5 Å². The van der Waals surface area contributed by atoms with E-state index in [9.17, 15) is 5.11 Å². The van der Waals surface area contributed by atoms with Gasteiger partial charge >= 0.3 is 0 Å². The van der Waals surface area contributed by atoms with Gasteiger partial charge in [-0.15, -0.1) is 0 Å². The Hall–Kier alpha value is -2.02. The van der Waals surface area contributed by atoms with Crippen LogP contribution >= 0.6 is 22.9 Å². The predicted octanol–water partition coefficient (Wildman–Crippen LogP) is 4.33. The predicted molar refractivity (Wildman–Crippen MR) is 102 cm³/mol. The zero-order valence-corrected chi connectivity index (χ0v) is 15.5. The second kappa shape index (κ2) is 7.91. The summed E-state index contributed by atoms with van der Waals surface area (Å²) in [5, 5.41) is 14.6. The first kappa shape index (κ1) is 17.8. The lowest BCUT2D eigenvalue weighted by atomic mass is 10.1. The number of halogens is 1. The first-order chi connectivity index (χ1) is 12.1. The van der Waals surface area contributed by atoms with Crippen LogP contribution in [-0.4, -0.2) is 30.5 Å². The van der Waals surface area contributed by atoms with Gasteiger partial charge in [-0.2, -0.15) is 0 Å². The molecule has 1 aromatic heterocycles. The van der Waals surface area contributed by atoms with Crippen molar-refractivity contribution in [1.82, 2.24) is 4.98 Å². The maximum atomic E-state index is 10.2. The number of aryl methyl sites for hydroxylation is 1. The minimum absolute atomic E-state index is 0.548. The molecule has 0 saturated carbocycles. The molecule has 0 saturated heterocycles. The van der Waals surface area contributed by atoms with Gasteiger partial charge in [0.05, 0.1) is 24.4 Å². The molecule has 2 N–H and O–H groups in total. The average Bonchev–Trinajstić information content (AvgIpc) is 3.00. The Labute approximate surface area is 155 Å². The summed E-state index contributed by atoms with van der Waals surface area (Å²) >= 11 is 7.46. The summed E-state index contributed by atoms with van der Waals surface area (Å²) in [4.78, 5) is 4.45. The van der Waals surface area contributed by atoms with Crippen molar-refractivity contribution >= 4 is 38.3 Å². The molecule has 0 amide bonds.